The van der Waals surface area contributed by atoms with Crippen LogP contribution in [-0.4, -0.2) is 13.0 Å². The predicted octanol–water partition coefficient (Wildman–Crippen LogP) is 3.07. The van der Waals surface area contributed by atoms with E-state index in [1.807, 2.05) is 36.4 Å². The lowest BCUT2D eigenvalue weighted by Gasteiger charge is -2.03. The molecule has 2 aromatic rings. The minimum absolute atomic E-state index is 0.0511. The van der Waals surface area contributed by atoms with Gasteiger partial charge >= 0.3 is 0 Å². The molecule has 94 valence electrons. The third-order valence-corrected chi connectivity index (χ3v) is 3.56. The summed E-state index contributed by atoms with van der Waals surface area (Å²) in [7, 11) is 1.63. The number of carbonyl (C=O) groups excluding carboxylic acids is 1. The Kier molecular flexibility index (Phi) is 4.47. The van der Waals surface area contributed by atoms with E-state index in [0.29, 0.717) is 5.56 Å². The van der Waals surface area contributed by atoms with Gasteiger partial charge in [0.05, 0.1) is 12.0 Å². The summed E-state index contributed by atoms with van der Waals surface area (Å²) in [5.74, 6) is 2.71. The Hall–Kier alpha value is -1.68. The van der Waals surface area contributed by atoms with Gasteiger partial charge in [0, 0.05) is 18.4 Å². The van der Waals surface area contributed by atoms with Crippen molar-refractivity contribution in [3.63, 3.8) is 0 Å². The summed E-state index contributed by atoms with van der Waals surface area (Å²) >= 11 is 1.79. The van der Waals surface area contributed by atoms with Crippen LogP contribution in [0.1, 0.15) is 21.7 Å². The van der Waals surface area contributed by atoms with E-state index in [4.69, 9.17) is 4.42 Å². The Labute approximate surface area is 111 Å². The Bertz CT molecular complexity index is 491. The van der Waals surface area contributed by atoms with E-state index in [-0.39, 0.29) is 5.91 Å². The lowest BCUT2D eigenvalue weighted by molar-refractivity contribution is 0.0963. The van der Waals surface area contributed by atoms with Gasteiger partial charge < -0.3 is 9.73 Å². The number of rotatable bonds is 5. The molecule has 1 aromatic carbocycles. The minimum atomic E-state index is -0.0511. The van der Waals surface area contributed by atoms with Crippen molar-refractivity contribution >= 4 is 17.7 Å². The number of thioether (sulfide) groups is 1. The average molecular weight is 261 g/mol. The number of furan rings is 1. The lowest BCUT2D eigenvalue weighted by Crippen LogP contribution is -2.17. The molecule has 0 unspecified atom stereocenters. The van der Waals surface area contributed by atoms with Gasteiger partial charge in [0.25, 0.3) is 5.91 Å². The average Bonchev–Trinajstić information content (AvgIpc) is 2.92. The summed E-state index contributed by atoms with van der Waals surface area (Å²) in [6.07, 6.45) is 1.69. The second kappa shape index (κ2) is 6.31. The van der Waals surface area contributed by atoms with Crippen LogP contribution in [0.2, 0.25) is 0 Å². The van der Waals surface area contributed by atoms with Gasteiger partial charge in [-0.15, -0.1) is 11.8 Å². The molecule has 0 aliphatic heterocycles. The van der Waals surface area contributed by atoms with Crippen LogP contribution in [-0.2, 0) is 11.5 Å². The Morgan fingerprint density at radius 3 is 2.61 bits per heavy atom. The van der Waals surface area contributed by atoms with E-state index in [1.165, 1.54) is 5.56 Å². The van der Waals surface area contributed by atoms with Gasteiger partial charge in [-0.3, -0.25) is 4.79 Å². The first-order chi connectivity index (χ1) is 8.79. The molecule has 0 saturated carbocycles. The second-order valence-corrected chi connectivity index (χ2v) is 4.83. The largest absolute Gasteiger partial charge is 0.468 e. The first kappa shape index (κ1) is 12.8. The van der Waals surface area contributed by atoms with Gasteiger partial charge in [0.15, 0.2) is 0 Å². The molecule has 0 aliphatic carbocycles. The number of benzene rings is 1. The van der Waals surface area contributed by atoms with Crippen molar-refractivity contribution < 1.29 is 9.21 Å². The van der Waals surface area contributed by atoms with E-state index in [2.05, 4.69) is 5.32 Å². The van der Waals surface area contributed by atoms with Crippen LogP contribution in [0.4, 0.5) is 0 Å². The Balaban J connectivity index is 1.85. The molecule has 0 radical (unpaired) electrons. The van der Waals surface area contributed by atoms with Crippen LogP contribution in [0.15, 0.2) is 47.1 Å². The maximum atomic E-state index is 11.4. The van der Waals surface area contributed by atoms with Crippen molar-refractivity contribution in [2.45, 2.75) is 11.5 Å². The maximum Gasteiger partial charge on any atom is 0.251 e. The smallest absolute Gasteiger partial charge is 0.251 e. The number of nitrogens with one attached hydrogen (secondary N) is 1. The van der Waals surface area contributed by atoms with Crippen molar-refractivity contribution in [3.8, 4) is 0 Å². The highest BCUT2D eigenvalue weighted by Crippen LogP contribution is 2.18. The number of hydrogen-bond donors (Lipinski definition) is 1. The fraction of sp³-hybridized carbons (Fsp3) is 0.214. The highest BCUT2D eigenvalue weighted by Gasteiger charge is 2.02. The first-order valence-electron chi connectivity index (χ1n) is 5.71. The van der Waals surface area contributed by atoms with Crippen LogP contribution in [0.25, 0.3) is 0 Å². The number of carbonyl (C=O) groups is 1. The zero-order chi connectivity index (χ0) is 12.8. The van der Waals surface area contributed by atoms with Gasteiger partial charge in [-0.05, 0) is 29.8 Å². The second-order valence-electron chi connectivity index (χ2n) is 3.85. The summed E-state index contributed by atoms with van der Waals surface area (Å²) in [4.78, 5) is 11.4. The van der Waals surface area contributed by atoms with E-state index in [1.54, 1.807) is 25.1 Å². The van der Waals surface area contributed by atoms with E-state index in [9.17, 15) is 4.79 Å². The molecule has 0 bridgehead atoms. The maximum absolute atomic E-state index is 11.4. The standard InChI is InChI=1S/C14H15NO2S/c1-15-14(16)12-6-4-11(5-7-12)9-18-10-13-3-2-8-17-13/h2-8H,9-10H2,1H3,(H,15,16). The van der Waals surface area contributed by atoms with Gasteiger partial charge in [-0.1, -0.05) is 12.1 Å². The van der Waals surface area contributed by atoms with Crippen molar-refractivity contribution in [1.82, 2.24) is 5.32 Å². The number of amides is 1. The van der Waals surface area contributed by atoms with Crippen LogP contribution < -0.4 is 5.32 Å². The summed E-state index contributed by atoms with van der Waals surface area (Å²) in [6.45, 7) is 0. The molecule has 0 aliphatic rings. The van der Waals surface area contributed by atoms with Gasteiger partial charge in [0.1, 0.15) is 5.76 Å². The molecule has 0 spiro atoms. The molecule has 4 heteroatoms. The molecule has 18 heavy (non-hydrogen) atoms. The van der Waals surface area contributed by atoms with E-state index in [0.717, 1.165) is 17.3 Å². The summed E-state index contributed by atoms with van der Waals surface area (Å²) < 4.78 is 5.26. The monoisotopic (exact) mass is 261 g/mol. The fourth-order valence-corrected chi connectivity index (χ4v) is 2.46. The Morgan fingerprint density at radius 2 is 2.00 bits per heavy atom. The molecule has 1 N–H and O–H groups in total. The highest BCUT2D eigenvalue weighted by atomic mass is 32.2. The van der Waals surface area contributed by atoms with Crippen LogP contribution in [0.3, 0.4) is 0 Å². The minimum Gasteiger partial charge on any atom is -0.468 e. The normalized spacial score (nSPS) is 10.3. The summed E-state index contributed by atoms with van der Waals surface area (Å²) in [6, 6.07) is 11.5. The molecule has 1 amide bonds. The fourth-order valence-electron chi connectivity index (χ4n) is 1.56. The quantitative estimate of drug-likeness (QED) is 0.899. The van der Waals surface area contributed by atoms with Gasteiger partial charge in [0.2, 0.25) is 0 Å². The van der Waals surface area contributed by atoms with Crippen molar-refractivity contribution in [3.05, 3.63) is 59.5 Å². The molecule has 2 rings (SSSR count). The lowest BCUT2D eigenvalue weighted by atomic mass is 10.1. The zero-order valence-electron chi connectivity index (χ0n) is 10.2. The van der Waals surface area contributed by atoms with Crippen LogP contribution in [0.5, 0.6) is 0 Å². The van der Waals surface area contributed by atoms with E-state index < -0.39 is 0 Å². The van der Waals surface area contributed by atoms with Crippen molar-refractivity contribution in [2.75, 3.05) is 7.05 Å². The van der Waals surface area contributed by atoms with Crippen molar-refractivity contribution in [1.29, 1.82) is 0 Å². The first-order valence-corrected chi connectivity index (χ1v) is 6.86. The van der Waals surface area contributed by atoms with Crippen LogP contribution in [0, 0.1) is 0 Å². The zero-order valence-corrected chi connectivity index (χ0v) is 11.0. The summed E-state index contributed by atoms with van der Waals surface area (Å²) in [5.41, 5.74) is 1.90. The Morgan fingerprint density at radius 1 is 1.22 bits per heavy atom. The highest BCUT2D eigenvalue weighted by molar-refractivity contribution is 7.97. The third-order valence-electron chi connectivity index (χ3n) is 2.54. The molecular formula is C14H15NO2S. The van der Waals surface area contributed by atoms with Crippen LogP contribution >= 0.6 is 11.8 Å². The topological polar surface area (TPSA) is 42.2 Å². The van der Waals surface area contributed by atoms with Gasteiger partial charge in [-0.25, -0.2) is 0 Å². The number of hydrogen-bond acceptors (Lipinski definition) is 3. The molecule has 0 fully saturated rings. The molecule has 1 aromatic heterocycles. The molecule has 0 atom stereocenters. The third kappa shape index (κ3) is 3.40. The van der Waals surface area contributed by atoms with E-state index >= 15 is 0 Å². The summed E-state index contributed by atoms with van der Waals surface area (Å²) in [5, 5.41) is 2.61. The van der Waals surface area contributed by atoms with Gasteiger partial charge in [-0.2, -0.15) is 0 Å². The molecule has 1 heterocycles. The SMILES string of the molecule is CNC(=O)c1ccc(CSCc2ccco2)cc1. The predicted molar refractivity (Wildman–Crippen MR) is 73.5 cm³/mol. The molecule has 0 saturated heterocycles. The molecular weight excluding hydrogens is 246 g/mol. The van der Waals surface area contributed by atoms with Crippen molar-refractivity contribution in [2.24, 2.45) is 0 Å². The molecule has 3 nitrogen and oxygen atoms in total.